The summed E-state index contributed by atoms with van der Waals surface area (Å²) in [6.07, 6.45) is 4.35. The third-order valence-corrected chi connectivity index (χ3v) is 2.18. The van der Waals surface area contributed by atoms with Gasteiger partial charge in [0.05, 0.1) is 6.54 Å². The minimum atomic E-state index is -0.673. The molecule has 1 rings (SSSR count). The Labute approximate surface area is 100.0 Å². The van der Waals surface area contributed by atoms with E-state index in [0.29, 0.717) is 11.3 Å². The van der Waals surface area contributed by atoms with Gasteiger partial charge in [-0.15, -0.1) is 6.42 Å². The van der Waals surface area contributed by atoms with Gasteiger partial charge in [-0.2, -0.15) is 0 Å². The standard InChI is InChI=1S/C13H14FNO2/c1-4-7-15-13(16)10(3)17-11-5-6-12(14)9(2)8-11/h1,5-6,8,10H,7H2,2-3H3,(H,15,16). The molecule has 17 heavy (non-hydrogen) atoms. The minimum Gasteiger partial charge on any atom is -0.481 e. The van der Waals surface area contributed by atoms with Gasteiger partial charge in [-0.3, -0.25) is 4.79 Å². The number of halogens is 1. The number of aryl methyl sites for hydroxylation is 1. The molecule has 1 aromatic carbocycles. The van der Waals surface area contributed by atoms with Gasteiger partial charge in [-0.1, -0.05) is 5.92 Å². The molecule has 1 N–H and O–H groups in total. The summed E-state index contributed by atoms with van der Waals surface area (Å²) in [6.45, 7) is 3.39. The van der Waals surface area contributed by atoms with Crippen molar-refractivity contribution in [3.8, 4) is 18.1 Å². The molecule has 4 heteroatoms. The zero-order valence-electron chi connectivity index (χ0n) is 9.79. The smallest absolute Gasteiger partial charge is 0.261 e. The van der Waals surface area contributed by atoms with E-state index in [1.54, 1.807) is 19.9 Å². The van der Waals surface area contributed by atoms with E-state index in [4.69, 9.17) is 11.2 Å². The van der Waals surface area contributed by atoms with E-state index >= 15 is 0 Å². The van der Waals surface area contributed by atoms with Crippen LogP contribution in [0.4, 0.5) is 4.39 Å². The van der Waals surface area contributed by atoms with Crippen molar-refractivity contribution in [2.75, 3.05) is 6.54 Å². The largest absolute Gasteiger partial charge is 0.481 e. The van der Waals surface area contributed by atoms with Crippen LogP contribution in [0.15, 0.2) is 18.2 Å². The van der Waals surface area contributed by atoms with E-state index in [0.717, 1.165) is 0 Å². The highest BCUT2D eigenvalue weighted by atomic mass is 19.1. The molecule has 0 fully saturated rings. The van der Waals surface area contributed by atoms with Gasteiger partial charge in [-0.25, -0.2) is 4.39 Å². The number of carbonyl (C=O) groups is 1. The number of hydrogen-bond acceptors (Lipinski definition) is 2. The van der Waals surface area contributed by atoms with Crippen LogP contribution in [0.5, 0.6) is 5.75 Å². The fourth-order valence-electron chi connectivity index (χ4n) is 1.23. The van der Waals surface area contributed by atoms with Gasteiger partial charge in [0.1, 0.15) is 11.6 Å². The first kappa shape index (κ1) is 13.0. The molecule has 1 atom stereocenters. The number of benzene rings is 1. The van der Waals surface area contributed by atoms with Crippen LogP contribution in [0.3, 0.4) is 0 Å². The fourth-order valence-corrected chi connectivity index (χ4v) is 1.23. The van der Waals surface area contributed by atoms with Crippen molar-refractivity contribution in [2.24, 2.45) is 0 Å². The second kappa shape index (κ2) is 5.90. The molecular weight excluding hydrogens is 221 g/mol. The maximum Gasteiger partial charge on any atom is 0.261 e. The van der Waals surface area contributed by atoms with Gasteiger partial charge in [-0.05, 0) is 37.6 Å². The molecule has 0 aliphatic carbocycles. The second-order valence-electron chi connectivity index (χ2n) is 3.59. The third-order valence-electron chi connectivity index (χ3n) is 2.18. The molecule has 1 aromatic rings. The van der Waals surface area contributed by atoms with Crippen molar-refractivity contribution >= 4 is 5.91 Å². The summed E-state index contributed by atoms with van der Waals surface area (Å²) in [6, 6.07) is 4.32. The highest BCUT2D eigenvalue weighted by Crippen LogP contribution is 2.17. The van der Waals surface area contributed by atoms with Crippen LogP contribution < -0.4 is 10.1 Å². The van der Waals surface area contributed by atoms with Gasteiger partial charge in [0, 0.05) is 0 Å². The SMILES string of the molecule is C#CCNC(=O)C(C)Oc1ccc(F)c(C)c1. The topological polar surface area (TPSA) is 38.3 Å². The van der Waals surface area contributed by atoms with E-state index in [-0.39, 0.29) is 18.3 Å². The monoisotopic (exact) mass is 235 g/mol. The summed E-state index contributed by atoms with van der Waals surface area (Å²) >= 11 is 0. The highest BCUT2D eigenvalue weighted by molar-refractivity contribution is 5.80. The summed E-state index contributed by atoms with van der Waals surface area (Å²) in [5.41, 5.74) is 0.471. The molecule has 0 radical (unpaired) electrons. The first-order valence-electron chi connectivity index (χ1n) is 5.18. The number of ether oxygens (including phenoxy) is 1. The lowest BCUT2D eigenvalue weighted by Gasteiger charge is -2.14. The Bertz CT molecular complexity index is 451. The zero-order valence-corrected chi connectivity index (χ0v) is 9.79. The molecule has 0 bridgehead atoms. The quantitative estimate of drug-likeness (QED) is 0.806. The zero-order chi connectivity index (χ0) is 12.8. The van der Waals surface area contributed by atoms with Crippen LogP contribution in [0, 0.1) is 25.1 Å². The molecule has 0 saturated heterocycles. The van der Waals surface area contributed by atoms with Gasteiger partial charge in [0.25, 0.3) is 5.91 Å². The fraction of sp³-hybridized carbons (Fsp3) is 0.308. The Kier molecular flexibility index (Phi) is 4.53. The molecule has 0 aliphatic rings. The normalized spacial score (nSPS) is 11.4. The van der Waals surface area contributed by atoms with Crippen molar-refractivity contribution in [3.05, 3.63) is 29.6 Å². The van der Waals surface area contributed by atoms with Crippen LogP contribution in [-0.2, 0) is 4.79 Å². The number of hydrogen-bond donors (Lipinski definition) is 1. The summed E-state index contributed by atoms with van der Waals surface area (Å²) in [4.78, 5) is 11.5. The Hall–Kier alpha value is -2.02. The Morgan fingerprint density at radius 2 is 2.35 bits per heavy atom. The number of terminal acetylenes is 1. The average Bonchev–Trinajstić information content (AvgIpc) is 2.30. The molecule has 0 spiro atoms. The third kappa shape index (κ3) is 3.80. The van der Waals surface area contributed by atoms with E-state index in [2.05, 4.69) is 11.2 Å². The van der Waals surface area contributed by atoms with Crippen molar-refractivity contribution in [1.82, 2.24) is 5.32 Å². The first-order valence-corrected chi connectivity index (χ1v) is 5.18. The molecular formula is C13H14FNO2. The Balaban J connectivity index is 2.62. The number of nitrogens with one attached hydrogen (secondary N) is 1. The van der Waals surface area contributed by atoms with Crippen LogP contribution >= 0.6 is 0 Å². The molecule has 0 saturated carbocycles. The van der Waals surface area contributed by atoms with Gasteiger partial charge >= 0.3 is 0 Å². The van der Waals surface area contributed by atoms with Gasteiger partial charge in [0.2, 0.25) is 0 Å². The lowest BCUT2D eigenvalue weighted by molar-refractivity contribution is -0.126. The van der Waals surface area contributed by atoms with Crippen molar-refractivity contribution < 1.29 is 13.9 Å². The van der Waals surface area contributed by atoms with Crippen molar-refractivity contribution in [1.29, 1.82) is 0 Å². The van der Waals surface area contributed by atoms with Gasteiger partial charge < -0.3 is 10.1 Å². The van der Waals surface area contributed by atoms with E-state index in [1.807, 2.05) is 0 Å². The molecule has 0 heterocycles. The highest BCUT2D eigenvalue weighted by Gasteiger charge is 2.13. The van der Waals surface area contributed by atoms with Crippen LogP contribution in [0.1, 0.15) is 12.5 Å². The lowest BCUT2D eigenvalue weighted by Crippen LogP contribution is -2.36. The summed E-state index contributed by atoms with van der Waals surface area (Å²) in [7, 11) is 0. The maximum atomic E-state index is 13.0. The molecule has 1 amide bonds. The summed E-state index contributed by atoms with van der Waals surface area (Å²) in [5.74, 6) is 2.14. The van der Waals surface area contributed by atoms with E-state index in [1.165, 1.54) is 12.1 Å². The van der Waals surface area contributed by atoms with Crippen molar-refractivity contribution in [2.45, 2.75) is 20.0 Å². The van der Waals surface area contributed by atoms with Crippen LogP contribution in [-0.4, -0.2) is 18.6 Å². The predicted octanol–water partition coefficient (Wildman–Crippen LogP) is 1.65. The van der Waals surface area contributed by atoms with Crippen molar-refractivity contribution in [3.63, 3.8) is 0 Å². The number of rotatable bonds is 4. The number of carbonyl (C=O) groups excluding carboxylic acids is 1. The molecule has 0 aliphatic heterocycles. The Morgan fingerprint density at radius 1 is 1.65 bits per heavy atom. The van der Waals surface area contributed by atoms with Crippen LogP contribution in [0.2, 0.25) is 0 Å². The average molecular weight is 235 g/mol. The predicted molar refractivity (Wildman–Crippen MR) is 63.1 cm³/mol. The maximum absolute atomic E-state index is 13.0. The molecule has 1 unspecified atom stereocenters. The second-order valence-corrected chi connectivity index (χ2v) is 3.59. The lowest BCUT2D eigenvalue weighted by atomic mass is 10.2. The molecule has 90 valence electrons. The Morgan fingerprint density at radius 3 is 2.94 bits per heavy atom. The molecule has 3 nitrogen and oxygen atoms in total. The minimum absolute atomic E-state index is 0.162. The van der Waals surface area contributed by atoms with E-state index in [9.17, 15) is 9.18 Å². The van der Waals surface area contributed by atoms with Crippen LogP contribution in [0.25, 0.3) is 0 Å². The summed E-state index contributed by atoms with van der Waals surface area (Å²) in [5, 5.41) is 2.50. The summed E-state index contributed by atoms with van der Waals surface area (Å²) < 4.78 is 18.4. The first-order chi connectivity index (χ1) is 8.04. The number of amides is 1. The van der Waals surface area contributed by atoms with E-state index < -0.39 is 6.10 Å². The van der Waals surface area contributed by atoms with Gasteiger partial charge in [0.15, 0.2) is 6.10 Å². The molecule has 0 aromatic heterocycles.